The van der Waals surface area contributed by atoms with Gasteiger partial charge in [0.1, 0.15) is 0 Å². The molecule has 1 aromatic carbocycles. The van der Waals surface area contributed by atoms with Crippen LogP contribution in [0.2, 0.25) is 5.02 Å². The maximum atomic E-state index is 6.06. The third-order valence-corrected chi connectivity index (χ3v) is 3.32. The number of halogens is 1. The summed E-state index contributed by atoms with van der Waals surface area (Å²) in [5.41, 5.74) is 2.73. The third kappa shape index (κ3) is 2.50. The van der Waals surface area contributed by atoms with Gasteiger partial charge >= 0.3 is 0 Å². The summed E-state index contributed by atoms with van der Waals surface area (Å²) in [6.07, 6.45) is 0. The molecule has 88 valence electrons. The van der Waals surface area contributed by atoms with Crippen molar-refractivity contribution in [3.63, 3.8) is 0 Å². The Morgan fingerprint density at radius 1 is 1.38 bits per heavy atom. The van der Waals surface area contributed by atoms with Crippen molar-refractivity contribution in [2.24, 2.45) is 0 Å². The molecular weight excluding hydrogens is 220 g/mol. The highest BCUT2D eigenvalue weighted by atomic mass is 35.5. The first kappa shape index (κ1) is 11.7. The fourth-order valence-electron chi connectivity index (χ4n) is 2.27. The number of hydrogen-bond acceptors (Lipinski definition) is 2. The van der Waals surface area contributed by atoms with E-state index >= 15 is 0 Å². The molecule has 1 heterocycles. The first-order valence-corrected chi connectivity index (χ1v) is 6.12. The quantitative estimate of drug-likeness (QED) is 0.810. The molecule has 16 heavy (non-hydrogen) atoms. The van der Waals surface area contributed by atoms with Gasteiger partial charge in [0.2, 0.25) is 0 Å². The molecule has 1 aromatic rings. The fraction of sp³-hybridized carbons (Fsp3) is 0.538. The van der Waals surface area contributed by atoms with Crippen molar-refractivity contribution < 1.29 is 0 Å². The maximum absolute atomic E-state index is 6.06. The van der Waals surface area contributed by atoms with E-state index in [0.29, 0.717) is 0 Å². The Labute approximate surface area is 103 Å². The Kier molecular flexibility index (Phi) is 3.13. The van der Waals surface area contributed by atoms with Gasteiger partial charge in [-0.2, -0.15) is 0 Å². The molecule has 1 aliphatic rings. The second-order valence-electron chi connectivity index (χ2n) is 5.16. The van der Waals surface area contributed by atoms with Crippen molar-refractivity contribution in [1.29, 1.82) is 0 Å². The summed E-state index contributed by atoms with van der Waals surface area (Å²) in [4.78, 5) is 2.41. The lowest BCUT2D eigenvalue weighted by Crippen LogP contribution is -2.57. The van der Waals surface area contributed by atoms with Crippen molar-refractivity contribution >= 4 is 17.3 Å². The zero-order chi connectivity index (χ0) is 11.8. The van der Waals surface area contributed by atoms with E-state index in [-0.39, 0.29) is 5.54 Å². The van der Waals surface area contributed by atoms with Crippen LogP contribution in [0.3, 0.4) is 0 Å². The van der Waals surface area contributed by atoms with Gasteiger partial charge in [-0.1, -0.05) is 17.7 Å². The van der Waals surface area contributed by atoms with E-state index in [4.69, 9.17) is 11.6 Å². The molecule has 2 nitrogen and oxygen atoms in total. The van der Waals surface area contributed by atoms with Crippen molar-refractivity contribution in [2.75, 3.05) is 24.5 Å². The van der Waals surface area contributed by atoms with Crippen molar-refractivity contribution in [1.82, 2.24) is 5.32 Å². The van der Waals surface area contributed by atoms with Gasteiger partial charge in [0.25, 0.3) is 0 Å². The van der Waals surface area contributed by atoms with Gasteiger partial charge in [-0.3, -0.25) is 0 Å². The van der Waals surface area contributed by atoms with Crippen molar-refractivity contribution in [2.45, 2.75) is 26.3 Å². The summed E-state index contributed by atoms with van der Waals surface area (Å²) >= 11 is 6.06. The Morgan fingerprint density at radius 3 is 2.81 bits per heavy atom. The Morgan fingerprint density at radius 2 is 2.12 bits per heavy atom. The van der Waals surface area contributed by atoms with Gasteiger partial charge in [-0.15, -0.1) is 0 Å². The van der Waals surface area contributed by atoms with Crippen molar-refractivity contribution in [3.05, 3.63) is 28.8 Å². The minimum atomic E-state index is 0.174. The zero-order valence-electron chi connectivity index (χ0n) is 10.2. The third-order valence-electron chi connectivity index (χ3n) is 3.08. The van der Waals surface area contributed by atoms with Gasteiger partial charge in [0, 0.05) is 35.9 Å². The Balaban J connectivity index is 2.26. The summed E-state index contributed by atoms with van der Waals surface area (Å²) in [5.74, 6) is 0. The molecule has 1 N–H and O–H groups in total. The second-order valence-corrected chi connectivity index (χ2v) is 5.60. The van der Waals surface area contributed by atoms with E-state index in [1.807, 2.05) is 6.07 Å². The molecular formula is C13H19ClN2. The normalized spacial score (nSPS) is 19.9. The van der Waals surface area contributed by atoms with E-state index in [2.05, 4.69) is 43.1 Å². The molecule has 0 amide bonds. The van der Waals surface area contributed by atoms with Gasteiger partial charge in [0.15, 0.2) is 0 Å². The summed E-state index contributed by atoms with van der Waals surface area (Å²) in [7, 11) is 0. The number of aryl methyl sites for hydroxylation is 1. The Bertz CT molecular complexity index is 388. The van der Waals surface area contributed by atoms with Crippen LogP contribution in [0.5, 0.6) is 0 Å². The molecule has 1 saturated heterocycles. The number of nitrogens with zero attached hydrogens (tertiary/aromatic N) is 1. The highest BCUT2D eigenvalue weighted by Crippen LogP contribution is 2.26. The average Bonchev–Trinajstić information content (AvgIpc) is 2.20. The lowest BCUT2D eigenvalue weighted by Gasteiger charge is -2.41. The van der Waals surface area contributed by atoms with Crippen LogP contribution < -0.4 is 10.2 Å². The standard InChI is InChI=1S/C13H19ClN2/c1-10-4-5-11(14)8-12(10)16-7-6-15-13(2,3)9-16/h4-5,8,15H,6-7,9H2,1-3H3. The number of nitrogens with one attached hydrogen (secondary N) is 1. The van der Waals surface area contributed by atoms with Crippen molar-refractivity contribution in [3.8, 4) is 0 Å². The molecule has 0 aliphatic carbocycles. The predicted octanol–water partition coefficient (Wildman–Crippen LogP) is 2.84. The number of anilines is 1. The minimum absolute atomic E-state index is 0.174. The second kappa shape index (κ2) is 4.27. The van der Waals surface area contributed by atoms with E-state index in [1.165, 1.54) is 11.3 Å². The maximum Gasteiger partial charge on any atom is 0.0426 e. The van der Waals surface area contributed by atoms with Crippen LogP contribution in [0.15, 0.2) is 18.2 Å². The summed E-state index contributed by atoms with van der Waals surface area (Å²) in [6.45, 7) is 9.70. The number of rotatable bonds is 1. The Hall–Kier alpha value is -0.730. The van der Waals surface area contributed by atoms with Gasteiger partial charge in [-0.25, -0.2) is 0 Å². The topological polar surface area (TPSA) is 15.3 Å². The van der Waals surface area contributed by atoms with Crippen LogP contribution in [0.1, 0.15) is 19.4 Å². The molecule has 0 radical (unpaired) electrons. The minimum Gasteiger partial charge on any atom is -0.368 e. The van der Waals surface area contributed by atoms with E-state index in [1.54, 1.807) is 0 Å². The average molecular weight is 239 g/mol. The van der Waals surface area contributed by atoms with E-state index in [0.717, 1.165) is 24.7 Å². The van der Waals surface area contributed by atoms with Crippen LogP contribution in [-0.2, 0) is 0 Å². The molecule has 0 unspecified atom stereocenters. The molecule has 0 spiro atoms. The van der Waals surface area contributed by atoms with E-state index in [9.17, 15) is 0 Å². The molecule has 0 atom stereocenters. The summed E-state index contributed by atoms with van der Waals surface area (Å²) in [6, 6.07) is 6.11. The number of benzene rings is 1. The van der Waals surface area contributed by atoms with Crippen LogP contribution in [0, 0.1) is 6.92 Å². The van der Waals surface area contributed by atoms with E-state index < -0.39 is 0 Å². The lowest BCUT2D eigenvalue weighted by atomic mass is 10.0. The first-order chi connectivity index (χ1) is 7.48. The molecule has 0 bridgehead atoms. The molecule has 1 fully saturated rings. The fourth-order valence-corrected chi connectivity index (χ4v) is 2.44. The molecule has 0 saturated carbocycles. The molecule has 1 aliphatic heterocycles. The highest BCUT2D eigenvalue weighted by molar-refractivity contribution is 6.30. The lowest BCUT2D eigenvalue weighted by molar-refractivity contribution is 0.353. The van der Waals surface area contributed by atoms with Gasteiger partial charge in [-0.05, 0) is 38.5 Å². The largest absolute Gasteiger partial charge is 0.368 e. The van der Waals surface area contributed by atoms with Gasteiger partial charge in [0.05, 0.1) is 0 Å². The number of hydrogen-bond donors (Lipinski definition) is 1. The first-order valence-electron chi connectivity index (χ1n) is 5.74. The van der Waals surface area contributed by atoms with Gasteiger partial charge < -0.3 is 10.2 Å². The molecule has 3 heteroatoms. The van der Waals surface area contributed by atoms with Crippen LogP contribution >= 0.6 is 11.6 Å². The summed E-state index contributed by atoms with van der Waals surface area (Å²) in [5, 5.41) is 4.33. The SMILES string of the molecule is Cc1ccc(Cl)cc1N1CCNC(C)(C)C1. The van der Waals surface area contributed by atoms with Crippen LogP contribution in [0.25, 0.3) is 0 Å². The summed E-state index contributed by atoms with van der Waals surface area (Å²) < 4.78 is 0. The monoisotopic (exact) mass is 238 g/mol. The van der Waals surface area contributed by atoms with Crippen LogP contribution in [-0.4, -0.2) is 25.2 Å². The predicted molar refractivity (Wildman–Crippen MR) is 70.5 cm³/mol. The zero-order valence-corrected chi connectivity index (χ0v) is 10.9. The molecule has 0 aromatic heterocycles. The smallest absolute Gasteiger partial charge is 0.0426 e. The van der Waals surface area contributed by atoms with Crippen LogP contribution in [0.4, 0.5) is 5.69 Å². The molecule has 2 rings (SSSR count). The number of piperazine rings is 1. The highest BCUT2D eigenvalue weighted by Gasteiger charge is 2.26.